The van der Waals surface area contributed by atoms with Crippen molar-refractivity contribution in [3.8, 4) is 11.5 Å². The summed E-state index contributed by atoms with van der Waals surface area (Å²) in [4.78, 5) is 0. The van der Waals surface area contributed by atoms with E-state index in [1.165, 1.54) is 12.1 Å². The highest BCUT2D eigenvalue weighted by molar-refractivity contribution is 5.99. The highest BCUT2D eigenvalue weighted by Crippen LogP contribution is 2.26. The normalized spacial score (nSPS) is 11.4. The highest BCUT2D eigenvalue weighted by atomic mass is 19.1. The van der Waals surface area contributed by atoms with Gasteiger partial charge in [0, 0.05) is 0 Å². The molecule has 2 aromatic carbocycles. The topological polar surface area (TPSA) is 88.1 Å². The second kappa shape index (κ2) is 6.03. The molecule has 0 bridgehead atoms. The lowest BCUT2D eigenvalue weighted by atomic mass is 10.1. The summed E-state index contributed by atoms with van der Waals surface area (Å²) in [5, 5.41) is 20.6. The van der Waals surface area contributed by atoms with E-state index in [0.29, 0.717) is 11.3 Å². The van der Waals surface area contributed by atoms with Crippen LogP contribution in [0.3, 0.4) is 0 Å². The van der Waals surface area contributed by atoms with Crippen LogP contribution in [-0.4, -0.2) is 16.1 Å². The third-order valence-electron chi connectivity index (χ3n) is 2.63. The Morgan fingerprint density at radius 3 is 2.75 bits per heavy atom. The van der Waals surface area contributed by atoms with Crippen LogP contribution in [-0.2, 0) is 6.61 Å². The molecule has 0 amide bonds. The Bertz CT molecular complexity index is 644. The molecule has 104 valence electrons. The quantitative estimate of drug-likeness (QED) is 0.346. The summed E-state index contributed by atoms with van der Waals surface area (Å²) in [7, 11) is 0. The third kappa shape index (κ3) is 3.04. The lowest BCUT2D eigenvalue weighted by Crippen LogP contribution is -2.14. The molecular formula is C14H13FN2O3. The number of oxime groups is 1. The van der Waals surface area contributed by atoms with Gasteiger partial charge in [0.2, 0.25) is 0 Å². The third-order valence-corrected chi connectivity index (χ3v) is 2.63. The van der Waals surface area contributed by atoms with E-state index in [1.807, 2.05) is 0 Å². The molecule has 0 saturated heterocycles. The fraction of sp³-hybridized carbons (Fsp3) is 0.0714. The first-order chi connectivity index (χ1) is 9.63. The van der Waals surface area contributed by atoms with Gasteiger partial charge in [0.25, 0.3) is 0 Å². The van der Waals surface area contributed by atoms with Crippen LogP contribution in [0.2, 0.25) is 0 Å². The Hall–Kier alpha value is -2.60. The zero-order valence-corrected chi connectivity index (χ0v) is 10.5. The van der Waals surface area contributed by atoms with E-state index in [9.17, 15) is 4.39 Å². The van der Waals surface area contributed by atoms with E-state index in [0.717, 1.165) is 6.07 Å². The summed E-state index contributed by atoms with van der Waals surface area (Å²) >= 11 is 0. The molecule has 0 heterocycles. The molecule has 2 rings (SSSR count). The van der Waals surface area contributed by atoms with Crippen molar-refractivity contribution >= 4 is 5.84 Å². The van der Waals surface area contributed by atoms with Gasteiger partial charge >= 0.3 is 0 Å². The Morgan fingerprint density at radius 1 is 1.25 bits per heavy atom. The average Bonchev–Trinajstić information content (AvgIpc) is 2.48. The van der Waals surface area contributed by atoms with Gasteiger partial charge < -0.3 is 20.8 Å². The molecule has 0 aliphatic rings. The van der Waals surface area contributed by atoms with E-state index in [1.54, 1.807) is 24.3 Å². The number of nitrogens with zero attached hydrogens (tertiary/aromatic N) is 1. The number of amidine groups is 1. The van der Waals surface area contributed by atoms with Crippen LogP contribution in [0.5, 0.6) is 11.5 Å². The summed E-state index contributed by atoms with van der Waals surface area (Å²) in [6, 6.07) is 10.5. The standard InChI is InChI=1S/C14H13FN2O3/c15-10-4-5-13(12(7-10)14(16)17-19)20-11-3-1-2-9(6-11)8-18/h1-7,18-19H,8H2,(H2,16,17). The first kappa shape index (κ1) is 13.8. The Morgan fingerprint density at radius 2 is 2.05 bits per heavy atom. The van der Waals surface area contributed by atoms with Gasteiger partial charge in [-0.05, 0) is 35.9 Å². The fourth-order valence-electron chi connectivity index (χ4n) is 1.68. The fourth-order valence-corrected chi connectivity index (χ4v) is 1.68. The predicted octanol–water partition coefficient (Wildman–Crippen LogP) is 2.20. The summed E-state index contributed by atoms with van der Waals surface area (Å²) in [6.07, 6.45) is 0. The SMILES string of the molecule is NC(=NO)c1cc(F)ccc1Oc1cccc(CO)c1. The zero-order chi connectivity index (χ0) is 14.5. The van der Waals surface area contributed by atoms with Crippen LogP contribution in [0.1, 0.15) is 11.1 Å². The molecule has 0 aliphatic heterocycles. The molecule has 0 fully saturated rings. The van der Waals surface area contributed by atoms with Gasteiger partial charge in [-0.2, -0.15) is 0 Å². The van der Waals surface area contributed by atoms with Crippen LogP contribution in [0.25, 0.3) is 0 Å². The number of halogens is 1. The molecule has 5 nitrogen and oxygen atoms in total. The van der Waals surface area contributed by atoms with Crippen molar-refractivity contribution < 1.29 is 19.4 Å². The van der Waals surface area contributed by atoms with Crippen LogP contribution in [0, 0.1) is 5.82 Å². The van der Waals surface area contributed by atoms with Gasteiger partial charge in [-0.15, -0.1) is 0 Å². The lowest BCUT2D eigenvalue weighted by Gasteiger charge is -2.11. The number of aliphatic hydroxyl groups excluding tert-OH is 1. The van der Waals surface area contributed by atoms with Crippen molar-refractivity contribution in [2.75, 3.05) is 0 Å². The Balaban J connectivity index is 2.37. The molecule has 0 aromatic heterocycles. The van der Waals surface area contributed by atoms with Crippen molar-refractivity contribution in [3.05, 3.63) is 59.4 Å². The molecular weight excluding hydrogens is 263 g/mol. The molecule has 2 aromatic rings. The maximum atomic E-state index is 13.2. The molecule has 4 N–H and O–H groups in total. The van der Waals surface area contributed by atoms with Crippen LogP contribution in [0.4, 0.5) is 4.39 Å². The van der Waals surface area contributed by atoms with E-state index >= 15 is 0 Å². The molecule has 0 radical (unpaired) electrons. The van der Waals surface area contributed by atoms with Crippen LogP contribution in [0.15, 0.2) is 47.6 Å². The van der Waals surface area contributed by atoms with Gasteiger partial charge in [-0.25, -0.2) is 4.39 Å². The Labute approximate surface area is 114 Å². The minimum Gasteiger partial charge on any atom is -0.457 e. The summed E-state index contributed by atoms with van der Waals surface area (Å²) in [5.41, 5.74) is 6.30. The number of aliphatic hydroxyl groups is 1. The largest absolute Gasteiger partial charge is 0.457 e. The Kier molecular flexibility index (Phi) is 4.17. The molecule has 6 heteroatoms. The number of hydrogen-bond acceptors (Lipinski definition) is 4. The molecule has 0 saturated carbocycles. The van der Waals surface area contributed by atoms with Crippen LogP contribution >= 0.6 is 0 Å². The highest BCUT2D eigenvalue weighted by Gasteiger charge is 2.11. The second-order valence-corrected chi connectivity index (χ2v) is 4.03. The monoisotopic (exact) mass is 276 g/mol. The summed E-state index contributed by atoms with van der Waals surface area (Å²) < 4.78 is 18.8. The first-order valence-corrected chi connectivity index (χ1v) is 5.79. The first-order valence-electron chi connectivity index (χ1n) is 5.79. The van der Waals surface area contributed by atoms with Gasteiger partial charge in [0.1, 0.15) is 17.3 Å². The number of ether oxygens (including phenoxy) is 1. The van der Waals surface area contributed by atoms with Gasteiger partial charge in [-0.1, -0.05) is 17.3 Å². The minimum atomic E-state index is -0.525. The van der Waals surface area contributed by atoms with Crippen molar-refractivity contribution in [2.24, 2.45) is 10.9 Å². The number of hydrogen-bond donors (Lipinski definition) is 3. The van der Waals surface area contributed by atoms with Crippen LogP contribution < -0.4 is 10.5 Å². The van der Waals surface area contributed by atoms with E-state index in [4.69, 9.17) is 20.8 Å². The summed E-state index contributed by atoms with van der Waals surface area (Å²) in [6.45, 7) is -0.117. The minimum absolute atomic E-state index is 0.117. The molecule has 0 atom stereocenters. The van der Waals surface area contributed by atoms with Gasteiger partial charge in [0.15, 0.2) is 5.84 Å². The average molecular weight is 276 g/mol. The number of benzene rings is 2. The second-order valence-electron chi connectivity index (χ2n) is 4.03. The van der Waals surface area contributed by atoms with Crippen molar-refractivity contribution in [1.82, 2.24) is 0 Å². The summed E-state index contributed by atoms with van der Waals surface area (Å²) in [5.74, 6) is -0.0761. The molecule has 0 unspecified atom stereocenters. The van der Waals surface area contributed by atoms with Gasteiger partial charge in [-0.3, -0.25) is 0 Å². The number of nitrogens with two attached hydrogens (primary N) is 1. The molecule has 0 aliphatic carbocycles. The molecule has 20 heavy (non-hydrogen) atoms. The number of rotatable bonds is 4. The van der Waals surface area contributed by atoms with Gasteiger partial charge in [0.05, 0.1) is 12.2 Å². The van der Waals surface area contributed by atoms with Crippen molar-refractivity contribution in [3.63, 3.8) is 0 Å². The molecule has 0 spiro atoms. The lowest BCUT2D eigenvalue weighted by molar-refractivity contribution is 0.281. The maximum absolute atomic E-state index is 13.2. The van der Waals surface area contributed by atoms with Crippen molar-refractivity contribution in [2.45, 2.75) is 6.61 Å². The zero-order valence-electron chi connectivity index (χ0n) is 10.5. The predicted molar refractivity (Wildman–Crippen MR) is 71.3 cm³/mol. The van der Waals surface area contributed by atoms with E-state index in [2.05, 4.69) is 5.16 Å². The van der Waals surface area contributed by atoms with E-state index < -0.39 is 5.82 Å². The van der Waals surface area contributed by atoms with E-state index in [-0.39, 0.29) is 23.8 Å². The van der Waals surface area contributed by atoms with Crippen molar-refractivity contribution in [1.29, 1.82) is 0 Å². The maximum Gasteiger partial charge on any atom is 0.173 e. The smallest absolute Gasteiger partial charge is 0.173 e.